The second-order valence-corrected chi connectivity index (χ2v) is 3.66. The van der Waals surface area contributed by atoms with E-state index in [1.165, 1.54) is 0 Å². The lowest BCUT2D eigenvalue weighted by Gasteiger charge is -2.30. The van der Waals surface area contributed by atoms with Crippen LogP contribution < -0.4 is 4.90 Å². The Hall–Kier alpha value is -0.960. The molecule has 3 heteroatoms. The van der Waals surface area contributed by atoms with Crippen LogP contribution >= 0.6 is 0 Å². The molecule has 1 aromatic rings. The third-order valence-electron chi connectivity index (χ3n) is 2.42. The molecule has 0 aliphatic rings. The molecular formula is C10H18N2O. The summed E-state index contributed by atoms with van der Waals surface area (Å²) >= 11 is 0. The molecule has 0 saturated heterocycles. The summed E-state index contributed by atoms with van der Waals surface area (Å²) in [6, 6.07) is 4.14. The van der Waals surface area contributed by atoms with E-state index in [1.807, 2.05) is 25.4 Å². The number of hydrogen-bond acceptors (Lipinski definition) is 2. The van der Waals surface area contributed by atoms with Crippen molar-refractivity contribution in [2.45, 2.75) is 19.9 Å². The van der Waals surface area contributed by atoms with Crippen molar-refractivity contribution in [1.82, 2.24) is 4.98 Å². The van der Waals surface area contributed by atoms with Gasteiger partial charge in [-0.2, -0.15) is 0 Å². The minimum Gasteiger partial charge on any atom is -0.394 e. The molecule has 0 amide bonds. The number of hydrogen-bond donors (Lipinski definition) is 2. The number of aliphatic hydroxyl groups excluding tert-OH is 1. The molecule has 0 saturated carbocycles. The standard InChI is InChI=1S/C10H18N2O/c1-8(2)9(7-13)12(3)10-5-4-6-11-10/h4-6,8-9,11,13H,7H2,1-3H3. The highest BCUT2D eigenvalue weighted by Gasteiger charge is 2.18. The van der Waals surface area contributed by atoms with E-state index < -0.39 is 0 Å². The molecular weight excluding hydrogens is 164 g/mol. The van der Waals surface area contributed by atoms with Gasteiger partial charge in [-0.1, -0.05) is 13.8 Å². The van der Waals surface area contributed by atoms with Crippen LogP contribution in [0.15, 0.2) is 18.3 Å². The van der Waals surface area contributed by atoms with Gasteiger partial charge in [0, 0.05) is 13.2 Å². The number of nitrogens with one attached hydrogen (secondary N) is 1. The highest BCUT2D eigenvalue weighted by molar-refractivity contribution is 5.38. The first-order valence-electron chi connectivity index (χ1n) is 4.64. The number of aliphatic hydroxyl groups is 1. The van der Waals surface area contributed by atoms with Gasteiger partial charge in [0.05, 0.1) is 12.6 Å². The number of rotatable bonds is 4. The number of aromatic amines is 1. The molecule has 0 aliphatic carbocycles. The zero-order valence-electron chi connectivity index (χ0n) is 8.49. The largest absolute Gasteiger partial charge is 0.394 e. The van der Waals surface area contributed by atoms with Crippen molar-refractivity contribution in [2.24, 2.45) is 5.92 Å². The van der Waals surface area contributed by atoms with Crippen LogP contribution in [0.25, 0.3) is 0 Å². The Morgan fingerprint density at radius 2 is 2.23 bits per heavy atom. The molecule has 0 spiro atoms. The second-order valence-electron chi connectivity index (χ2n) is 3.66. The maximum Gasteiger partial charge on any atom is 0.105 e. The number of nitrogens with zero attached hydrogens (tertiary/aromatic N) is 1. The number of H-pyrrole nitrogens is 1. The second kappa shape index (κ2) is 4.33. The fourth-order valence-corrected chi connectivity index (χ4v) is 1.50. The molecule has 1 aromatic heterocycles. The lowest BCUT2D eigenvalue weighted by Crippen LogP contribution is -2.39. The normalized spacial score (nSPS) is 13.3. The minimum atomic E-state index is 0.179. The first-order chi connectivity index (χ1) is 6.16. The summed E-state index contributed by atoms with van der Waals surface area (Å²) in [5.41, 5.74) is 0. The molecule has 0 aromatic carbocycles. The van der Waals surface area contributed by atoms with Gasteiger partial charge in [-0.15, -0.1) is 0 Å². The average molecular weight is 182 g/mol. The Balaban J connectivity index is 2.70. The third kappa shape index (κ3) is 2.25. The van der Waals surface area contributed by atoms with Crippen molar-refractivity contribution in [2.75, 3.05) is 18.6 Å². The van der Waals surface area contributed by atoms with Crippen LogP contribution in [0.3, 0.4) is 0 Å². The van der Waals surface area contributed by atoms with Crippen LogP contribution in [-0.4, -0.2) is 29.8 Å². The minimum absolute atomic E-state index is 0.179. The molecule has 0 bridgehead atoms. The summed E-state index contributed by atoms with van der Waals surface area (Å²) in [7, 11) is 1.99. The van der Waals surface area contributed by atoms with Crippen LogP contribution in [0.2, 0.25) is 0 Å². The van der Waals surface area contributed by atoms with Gasteiger partial charge in [-0.25, -0.2) is 0 Å². The fraction of sp³-hybridized carbons (Fsp3) is 0.600. The molecule has 74 valence electrons. The topological polar surface area (TPSA) is 39.3 Å². The van der Waals surface area contributed by atoms with Crippen LogP contribution in [0.4, 0.5) is 5.82 Å². The third-order valence-corrected chi connectivity index (χ3v) is 2.42. The molecule has 1 unspecified atom stereocenters. The monoisotopic (exact) mass is 182 g/mol. The fourth-order valence-electron chi connectivity index (χ4n) is 1.50. The predicted octanol–water partition coefficient (Wildman–Crippen LogP) is 1.47. The SMILES string of the molecule is CC(C)C(CO)N(C)c1ccc[nH]1. The van der Waals surface area contributed by atoms with E-state index >= 15 is 0 Å². The smallest absolute Gasteiger partial charge is 0.105 e. The molecule has 0 radical (unpaired) electrons. The van der Waals surface area contributed by atoms with Crippen molar-refractivity contribution in [1.29, 1.82) is 0 Å². The van der Waals surface area contributed by atoms with Gasteiger partial charge < -0.3 is 15.0 Å². The lowest BCUT2D eigenvalue weighted by atomic mass is 10.0. The predicted molar refractivity (Wildman–Crippen MR) is 54.9 cm³/mol. The van der Waals surface area contributed by atoms with E-state index in [4.69, 9.17) is 0 Å². The molecule has 3 nitrogen and oxygen atoms in total. The van der Waals surface area contributed by atoms with E-state index in [0.29, 0.717) is 5.92 Å². The van der Waals surface area contributed by atoms with Gasteiger partial charge >= 0.3 is 0 Å². The van der Waals surface area contributed by atoms with Crippen LogP contribution in [0.5, 0.6) is 0 Å². The average Bonchev–Trinajstić information content (AvgIpc) is 2.56. The van der Waals surface area contributed by atoms with E-state index in [-0.39, 0.29) is 12.6 Å². The summed E-state index contributed by atoms with van der Waals surface area (Å²) in [5, 5.41) is 9.21. The van der Waals surface area contributed by atoms with Crippen molar-refractivity contribution in [3.63, 3.8) is 0 Å². The summed E-state index contributed by atoms with van der Waals surface area (Å²) in [4.78, 5) is 5.20. The van der Waals surface area contributed by atoms with Gasteiger partial charge in [0.25, 0.3) is 0 Å². The van der Waals surface area contributed by atoms with Crippen LogP contribution in [-0.2, 0) is 0 Å². The highest BCUT2D eigenvalue weighted by Crippen LogP contribution is 2.16. The highest BCUT2D eigenvalue weighted by atomic mass is 16.3. The Kier molecular flexibility index (Phi) is 3.37. The summed E-state index contributed by atoms with van der Waals surface area (Å²) in [6.45, 7) is 4.41. The maximum absolute atomic E-state index is 9.21. The zero-order chi connectivity index (χ0) is 9.84. The number of likely N-dealkylation sites (N-methyl/N-ethyl adjacent to an activating group) is 1. The number of aromatic nitrogens is 1. The van der Waals surface area contributed by atoms with Gasteiger partial charge in [-0.05, 0) is 18.1 Å². The van der Waals surface area contributed by atoms with E-state index in [0.717, 1.165) is 5.82 Å². The number of anilines is 1. The van der Waals surface area contributed by atoms with Crippen LogP contribution in [0, 0.1) is 5.92 Å². The van der Waals surface area contributed by atoms with Crippen molar-refractivity contribution >= 4 is 5.82 Å². The van der Waals surface area contributed by atoms with Crippen molar-refractivity contribution < 1.29 is 5.11 Å². The molecule has 0 aliphatic heterocycles. The Morgan fingerprint density at radius 1 is 1.54 bits per heavy atom. The van der Waals surface area contributed by atoms with Gasteiger partial charge in [0.1, 0.15) is 5.82 Å². The van der Waals surface area contributed by atoms with Gasteiger partial charge in [0.2, 0.25) is 0 Å². The quantitative estimate of drug-likeness (QED) is 0.740. The van der Waals surface area contributed by atoms with Crippen molar-refractivity contribution in [3.8, 4) is 0 Å². The zero-order valence-corrected chi connectivity index (χ0v) is 8.49. The van der Waals surface area contributed by atoms with Gasteiger partial charge in [0.15, 0.2) is 0 Å². The van der Waals surface area contributed by atoms with Crippen molar-refractivity contribution in [3.05, 3.63) is 18.3 Å². The Bertz CT molecular complexity index is 231. The Labute approximate surface area is 79.4 Å². The maximum atomic E-state index is 9.21. The molecule has 1 rings (SSSR count). The summed E-state index contributed by atoms with van der Waals surface area (Å²) < 4.78 is 0. The summed E-state index contributed by atoms with van der Waals surface area (Å²) in [6.07, 6.45) is 1.89. The molecule has 2 N–H and O–H groups in total. The first-order valence-corrected chi connectivity index (χ1v) is 4.64. The van der Waals surface area contributed by atoms with E-state index in [9.17, 15) is 5.11 Å². The Morgan fingerprint density at radius 3 is 2.62 bits per heavy atom. The van der Waals surface area contributed by atoms with E-state index in [1.54, 1.807) is 0 Å². The van der Waals surface area contributed by atoms with E-state index in [2.05, 4.69) is 23.7 Å². The summed E-state index contributed by atoms with van der Waals surface area (Å²) in [5.74, 6) is 1.49. The molecule has 1 heterocycles. The molecule has 13 heavy (non-hydrogen) atoms. The van der Waals surface area contributed by atoms with Crippen LogP contribution in [0.1, 0.15) is 13.8 Å². The van der Waals surface area contributed by atoms with Gasteiger partial charge in [-0.3, -0.25) is 0 Å². The first kappa shape index (κ1) is 10.1. The lowest BCUT2D eigenvalue weighted by molar-refractivity contribution is 0.234. The molecule has 0 fully saturated rings. The molecule has 1 atom stereocenters.